The largest absolute Gasteiger partial charge is 0.497 e. The van der Waals surface area contributed by atoms with Crippen LogP contribution in [0.1, 0.15) is 37.9 Å². The minimum absolute atomic E-state index is 0.142. The van der Waals surface area contributed by atoms with E-state index < -0.39 is 29.8 Å². The van der Waals surface area contributed by atoms with Gasteiger partial charge in [-0.3, -0.25) is 0 Å². The van der Waals surface area contributed by atoms with Crippen LogP contribution in [0.3, 0.4) is 0 Å². The van der Waals surface area contributed by atoms with E-state index in [1.54, 1.807) is 52.1 Å². The lowest BCUT2D eigenvalue weighted by Gasteiger charge is -2.28. The number of hydrogen-bond acceptors (Lipinski definition) is 6. The van der Waals surface area contributed by atoms with E-state index in [4.69, 9.17) is 18.9 Å². The third kappa shape index (κ3) is 7.08. The van der Waals surface area contributed by atoms with E-state index in [1.165, 1.54) is 7.11 Å². The zero-order valence-electron chi connectivity index (χ0n) is 18.0. The Kier molecular flexibility index (Phi) is 8.24. The number of carbonyl (C=O) groups is 2. The highest BCUT2D eigenvalue weighted by molar-refractivity contribution is 5.77. The van der Waals surface area contributed by atoms with Gasteiger partial charge in [0.1, 0.15) is 11.4 Å². The average Bonchev–Trinajstić information content (AvgIpc) is 2.72. The molecule has 7 nitrogen and oxygen atoms in total. The molecule has 2 rings (SSSR count). The van der Waals surface area contributed by atoms with Crippen LogP contribution in [0.2, 0.25) is 0 Å². The van der Waals surface area contributed by atoms with E-state index in [0.717, 1.165) is 11.3 Å². The zero-order chi connectivity index (χ0) is 22.1. The first-order valence-corrected chi connectivity index (χ1v) is 9.60. The number of carbonyl (C=O) groups excluding carboxylic acids is 2. The number of esters is 1. The van der Waals surface area contributed by atoms with Crippen molar-refractivity contribution in [3.05, 3.63) is 65.7 Å². The Hall–Kier alpha value is -3.06. The van der Waals surface area contributed by atoms with Gasteiger partial charge in [0.2, 0.25) is 0 Å². The summed E-state index contributed by atoms with van der Waals surface area (Å²) in [6.07, 6.45) is -1.73. The third-order valence-corrected chi connectivity index (χ3v) is 4.16. The Morgan fingerprint density at radius 2 is 1.60 bits per heavy atom. The maximum absolute atomic E-state index is 12.6. The Bertz CT molecular complexity index is 814. The molecule has 2 aromatic carbocycles. The van der Waals surface area contributed by atoms with Crippen LogP contribution in [0.4, 0.5) is 4.79 Å². The second kappa shape index (κ2) is 10.6. The van der Waals surface area contributed by atoms with E-state index in [2.05, 4.69) is 5.32 Å². The number of amides is 1. The highest BCUT2D eigenvalue weighted by Crippen LogP contribution is 2.23. The van der Waals surface area contributed by atoms with E-state index in [1.807, 2.05) is 30.3 Å². The normalized spacial score (nSPS) is 13.1. The molecule has 1 N–H and O–H groups in total. The SMILES string of the molecule is COC(=O)[C@H](OCc1ccc(OC)cc1)[C@@H](NC(=O)OC(C)(C)C)c1ccccc1. The number of ether oxygens (including phenoxy) is 4. The third-order valence-electron chi connectivity index (χ3n) is 4.16. The van der Waals surface area contributed by atoms with Crippen molar-refractivity contribution >= 4 is 12.1 Å². The summed E-state index contributed by atoms with van der Waals surface area (Å²) >= 11 is 0. The molecule has 0 aliphatic carbocycles. The lowest BCUT2D eigenvalue weighted by Crippen LogP contribution is -2.44. The van der Waals surface area contributed by atoms with Gasteiger partial charge in [-0.05, 0) is 44.0 Å². The second-order valence-corrected chi connectivity index (χ2v) is 7.64. The number of rotatable bonds is 8. The number of nitrogens with one attached hydrogen (secondary N) is 1. The first-order valence-electron chi connectivity index (χ1n) is 9.60. The number of benzene rings is 2. The van der Waals surface area contributed by atoms with Crippen LogP contribution < -0.4 is 10.1 Å². The average molecular weight is 415 g/mol. The summed E-state index contributed by atoms with van der Waals surface area (Å²) in [7, 11) is 2.87. The molecule has 0 fully saturated rings. The maximum atomic E-state index is 12.6. The van der Waals surface area contributed by atoms with Crippen LogP contribution in [0.25, 0.3) is 0 Å². The maximum Gasteiger partial charge on any atom is 0.408 e. The molecule has 2 atom stereocenters. The van der Waals surface area contributed by atoms with Crippen molar-refractivity contribution in [3.63, 3.8) is 0 Å². The van der Waals surface area contributed by atoms with Gasteiger partial charge in [-0.1, -0.05) is 42.5 Å². The molecule has 0 aliphatic heterocycles. The fourth-order valence-corrected chi connectivity index (χ4v) is 2.75. The van der Waals surface area contributed by atoms with Gasteiger partial charge in [-0.15, -0.1) is 0 Å². The first kappa shape index (κ1) is 23.2. The minimum atomic E-state index is -1.08. The van der Waals surface area contributed by atoms with Gasteiger partial charge >= 0.3 is 12.1 Å². The van der Waals surface area contributed by atoms with Crippen molar-refractivity contribution in [1.82, 2.24) is 5.32 Å². The monoisotopic (exact) mass is 415 g/mol. The van der Waals surface area contributed by atoms with E-state index in [0.29, 0.717) is 5.56 Å². The van der Waals surface area contributed by atoms with Crippen molar-refractivity contribution < 1.29 is 28.5 Å². The van der Waals surface area contributed by atoms with Gasteiger partial charge in [0, 0.05) is 0 Å². The molecule has 0 aromatic heterocycles. The van der Waals surface area contributed by atoms with E-state index >= 15 is 0 Å². The van der Waals surface area contributed by atoms with Crippen molar-refractivity contribution in [2.24, 2.45) is 0 Å². The van der Waals surface area contributed by atoms with Gasteiger partial charge in [-0.25, -0.2) is 9.59 Å². The molecule has 0 heterocycles. The summed E-state index contributed by atoms with van der Waals surface area (Å²) in [5.74, 6) is 0.116. The topological polar surface area (TPSA) is 83.1 Å². The smallest absolute Gasteiger partial charge is 0.408 e. The fourth-order valence-electron chi connectivity index (χ4n) is 2.75. The molecular formula is C23H29NO6. The molecule has 1 amide bonds. The van der Waals surface area contributed by atoms with Gasteiger partial charge < -0.3 is 24.3 Å². The molecule has 0 spiro atoms. The molecule has 0 aliphatic rings. The van der Waals surface area contributed by atoms with Gasteiger partial charge in [0.05, 0.1) is 26.9 Å². The quantitative estimate of drug-likeness (QED) is 0.656. The Balaban J connectivity index is 2.25. The standard InChI is InChI=1S/C23H29NO6/c1-23(2,3)30-22(26)24-19(17-9-7-6-8-10-17)20(21(25)28-5)29-15-16-11-13-18(27-4)14-12-16/h6-14,19-20H,15H2,1-5H3,(H,24,26)/t19-,20+/m0/s1. The summed E-state index contributed by atoms with van der Waals surface area (Å²) in [4.78, 5) is 25.0. The molecule has 0 radical (unpaired) electrons. The molecule has 0 unspecified atom stereocenters. The van der Waals surface area contributed by atoms with E-state index in [-0.39, 0.29) is 6.61 Å². The molecule has 7 heteroatoms. The minimum Gasteiger partial charge on any atom is -0.497 e. The van der Waals surface area contributed by atoms with Crippen LogP contribution in [-0.4, -0.2) is 38.0 Å². The molecular weight excluding hydrogens is 386 g/mol. The van der Waals surface area contributed by atoms with Gasteiger partial charge in [0.25, 0.3) is 0 Å². The highest BCUT2D eigenvalue weighted by atomic mass is 16.6. The predicted molar refractivity (Wildman–Crippen MR) is 112 cm³/mol. The predicted octanol–water partition coefficient (Wildman–Crippen LogP) is 4.02. The Labute approximate surface area is 177 Å². The molecule has 0 saturated heterocycles. The Morgan fingerprint density at radius 1 is 0.967 bits per heavy atom. The number of hydrogen-bond donors (Lipinski definition) is 1. The Morgan fingerprint density at radius 3 is 2.13 bits per heavy atom. The fraction of sp³-hybridized carbons (Fsp3) is 0.391. The van der Waals surface area contributed by atoms with Crippen molar-refractivity contribution in [2.75, 3.05) is 14.2 Å². The molecule has 30 heavy (non-hydrogen) atoms. The molecule has 2 aromatic rings. The van der Waals surface area contributed by atoms with Crippen LogP contribution in [0, 0.1) is 0 Å². The van der Waals surface area contributed by atoms with Gasteiger partial charge in [-0.2, -0.15) is 0 Å². The lowest BCUT2D eigenvalue weighted by molar-refractivity contribution is -0.157. The summed E-state index contributed by atoms with van der Waals surface area (Å²) in [5, 5.41) is 2.75. The summed E-state index contributed by atoms with van der Waals surface area (Å²) in [5.41, 5.74) is 0.845. The second-order valence-electron chi connectivity index (χ2n) is 7.64. The van der Waals surface area contributed by atoms with Crippen molar-refractivity contribution in [2.45, 2.75) is 45.1 Å². The number of alkyl carbamates (subject to hydrolysis) is 1. The van der Waals surface area contributed by atoms with Crippen molar-refractivity contribution in [1.29, 1.82) is 0 Å². The van der Waals surface area contributed by atoms with Crippen LogP contribution in [-0.2, 0) is 25.6 Å². The van der Waals surface area contributed by atoms with Crippen molar-refractivity contribution in [3.8, 4) is 5.75 Å². The van der Waals surface area contributed by atoms with Gasteiger partial charge in [0.15, 0.2) is 6.10 Å². The van der Waals surface area contributed by atoms with Crippen LogP contribution in [0.15, 0.2) is 54.6 Å². The molecule has 0 bridgehead atoms. The summed E-state index contributed by atoms with van der Waals surface area (Å²) in [6, 6.07) is 15.6. The lowest BCUT2D eigenvalue weighted by atomic mass is 10.0. The zero-order valence-corrected chi connectivity index (χ0v) is 18.0. The van der Waals surface area contributed by atoms with E-state index in [9.17, 15) is 9.59 Å². The molecule has 162 valence electrons. The summed E-state index contributed by atoms with van der Waals surface area (Å²) in [6.45, 7) is 5.44. The first-order chi connectivity index (χ1) is 14.2. The highest BCUT2D eigenvalue weighted by Gasteiger charge is 2.34. The van der Waals surface area contributed by atoms with Crippen LogP contribution in [0.5, 0.6) is 5.75 Å². The molecule has 0 saturated carbocycles. The summed E-state index contributed by atoms with van der Waals surface area (Å²) < 4.78 is 21.4. The van der Waals surface area contributed by atoms with Crippen LogP contribution >= 0.6 is 0 Å². The number of methoxy groups -OCH3 is 2.